The maximum Gasteiger partial charge on any atom is 0.317 e. The summed E-state index contributed by atoms with van der Waals surface area (Å²) in [4.78, 5) is 13.0. The van der Waals surface area contributed by atoms with E-state index in [-0.39, 0.29) is 6.03 Å². The monoisotopic (exact) mass is 207 g/mol. The van der Waals surface area contributed by atoms with Gasteiger partial charge in [0.25, 0.3) is 0 Å². The topological polar surface area (TPSA) is 58.4 Å². The van der Waals surface area contributed by atoms with Crippen molar-refractivity contribution in [3.05, 3.63) is 29.8 Å². The molecule has 0 heterocycles. The third-order valence-electron chi connectivity index (χ3n) is 2.24. The predicted octanol–water partition coefficient (Wildman–Crippen LogP) is 1.43. The molecule has 0 aliphatic carbocycles. The standard InChI is InChI=1S/C11H17N3O/c1-3-14(2)11(15)13-8-9-4-6-10(12)7-5-9/h4-7H,3,8,12H2,1-2H3,(H,13,15). The van der Waals surface area contributed by atoms with Gasteiger partial charge in [0, 0.05) is 25.8 Å². The van der Waals surface area contributed by atoms with Crippen molar-refractivity contribution in [1.82, 2.24) is 10.2 Å². The fraction of sp³-hybridized carbons (Fsp3) is 0.364. The minimum atomic E-state index is -0.0608. The first-order valence-electron chi connectivity index (χ1n) is 4.97. The van der Waals surface area contributed by atoms with Crippen LogP contribution in [0, 0.1) is 0 Å². The SMILES string of the molecule is CCN(C)C(=O)NCc1ccc(N)cc1. The van der Waals surface area contributed by atoms with Gasteiger partial charge < -0.3 is 16.0 Å². The zero-order valence-corrected chi connectivity index (χ0v) is 9.16. The van der Waals surface area contributed by atoms with Crippen LogP contribution in [0.3, 0.4) is 0 Å². The molecule has 3 N–H and O–H groups in total. The molecule has 1 aromatic rings. The molecule has 0 atom stereocenters. The van der Waals surface area contributed by atoms with Crippen LogP contribution in [0.25, 0.3) is 0 Å². The van der Waals surface area contributed by atoms with Crippen LogP contribution in [0.4, 0.5) is 10.5 Å². The minimum absolute atomic E-state index is 0.0608. The molecule has 4 nitrogen and oxygen atoms in total. The highest BCUT2D eigenvalue weighted by molar-refractivity contribution is 5.73. The smallest absolute Gasteiger partial charge is 0.317 e. The largest absolute Gasteiger partial charge is 0.399 e. The van der Waals surface area contributed by atoms with Gasteiger partial charge in [0.2, 0.25) is 0 Å². The lowest BCUT2D eigenvalue weighted by molar-refractivity contribution is 0.210. The number of nitrogens with one attached hydrogen (secondary N) is 1. The van der Waals surface area contributed by atoms with Crippen molar-refractivity contribution in [3.63, 3.8) is 0 Å². The summed E-state index contributed by atoms with van der Waals surface area (Å²) in [5.41, 5.74) is 7.33. The Hall–Kier alpha value is -1.71. The van der Waals surface area contributed by atoms with E-state index in [9.17, 15) is 4.79 Å². The van der Waals surface area contributed by atoms with Gasteiger partial charge in [0.15, 0.2) is 0 Å². The molecule has 0 bridgehead atoms. The number of hydrogen-bond donors (Lipinski definition) is 2. The molecule has 2 amide bonds. The number of urea groups is 1. The summed E-state index contributed by atoms with van der Waals surface area (Å²) in [7, 11) is 1.76. The Kier molecular flexibility index (Phi) is 3.97. The number of amides is 2. The van der Waals surface area contributed by atoms with E-state index >= 15 is 0 Å². The second-order valence-electron chi connectivity index (χ2n) is 3.41. The number of carbonyl (C=O) groups is 1. The van der Waals surface area contributed by atoms with Crippen molar-refractivity contribution < 1.29 is 4.79 Å². The fourth-order valence-corrected chi connectivity index (χ4v) is 1.09. The molecule has 1 aromatic carbocycles. The molecule has 15 heavy (non-hydrogen) atoms. The molecule has 0 fully saturated rings. The Balaban J connectivity index is 2.43. The number of benzene rings is 1. The van der Waals surface area contributed by atoms with Gasteiger partial charge >= 0.3 is 6.03 Å². The van der Waals surface area contributed by atoms with Crippen molar-refractivity contribution >= 4 is 11.7 Å². The van der Waals surface area contributed by atoms with Crippen molar-refractivity contribution in [1.29, 1.82) is 0 Å². The quantitative estimate of drug-likeness (QED) is 0.737. The highest BCUT2D eigenvalue weighted by Crippen LogP contribution is 2.04. The molecule has 0 saturated heterocycles. The Morgan fingerprint density at radius 2 is 2.00 bits per heavy atom. The van der Waals surface area contributed by atoms with Gasteiger partial charge in [-0.1, -0.05) is 12.1 Å². The number of carbonyl (C=O) groups excluding carboxylic acids is 1. The molecule has 0 saturated carbocycles. The van der Waals surface area contributed by atoms with Gasteiger partial charge in [-0.2, -0.15) is 0 Å². The van der Waals surface area contributed by atoms with E-state index < -0.39 is 0 Å². The van der Waals surface area contributed by atoms with Crippen LogP contribution in [0.15, 0.2) is 24.3 Å². The average molecular weight is 207 g/mol. The van der Waals surface area contributed by atoms with E-state index in [2.05, 4.69) is 5.32 Å². The maximum atomic E-state index is 11.4. The van der Waals surface area contributed by atoms with Crippen LogP contribution >= 0.6 is 0 Å². The molecule has 0 spiro atoms. The number of nitrogens with zero attached hydrogens (tertiary/aromatic N) is 1. The molecule has 0 aliphatic heterocycles. The van der Waals surface area contributed by atoms with E-state index in [4.69, 9.17) is 5.73 Å². The van der Waals surface area contributed by atoms with Crippen molar-refractivity contribution in [2.45, 2.75) is 13.5 Å². The Morgan fingerprint density at radius 3 is 2.53 bits per heavy atom. The molecule has 82 valence electrons. The van der Waals surface area contributed by atoms with Gasteiger partial charge in [-0.25, -0.2) is 4.79 Å². The molecule has 1 rings (SSSR count). The lowest BCUT2D eigenvalue weighted by atomic mass is 10.2. The zero-order valence-electron chi connectivity index (χ0n) is 9.16. The lowest BCUT2D eigenvalue weighted by Crippen LogP contribution is -2.36. The van der Waals surface area contributed by atoms with Crippen molar-refractivity contribution in [3.8, 4) is 0 Å². The van der Waals surface area contributed by atoms with E-state index in [1.54, 1.807) is 11.9 Å². The van der Waals surface area contributed by atoms with Crippen LogP contribution in [0.1, 0.15) is 12.5 Å². The second kappa shape index (κ2) is 5.24. The van der Waals surface area contributed by atoms with Crippen LogP contribution in [0.5, 0.6) is 0 Å². The molecule has 4 heteroatoms. The normalized spacial score (nSPS) is 9.73. The van der Waals surface area contributed by atoms with Gasteiger partial charge in [0.1, 0.15) is 0 Å². The highest BCUT2D eigenvalue weighted by atomic mass is 16.2. The van der Waals surface area contributed by atoms with Gasteiger partial charge in [-0.3, -0.25) is 0 Å². The van der Waals surface area contributed by atoms with Gasteiger partial charge in [0.05, 0.1) is 0 Å². The Morgan fingerprint density at radius 1 is 1.40 bits per heavy atom. The molecule has 0 aromatic heterocycles. The van der Waals surface area contributed by atoms with Crippen LogP contribution in [-0.4, -0.2) is 24.5 Å². The first kappa shape index (κ1) is 11.4. The predicted molar refractivity (Wildman–Crippen MR) is 61.4 cm³/mol. The average Bonchev–Trinajstić information content (AvgIpc) is 2.26. The summed E-state index contributed by atoms with van der Waals surface area (Å²) in [6.07, 6.45) is 0. The number of nitrogen functional groups attached to an aromatic ring is 1. The van der Waals surface area contributed by atoms with Crippen molar-refractivity contribution in [2.75, 3.05) is 19.3 Å². The Bertz CT molecular complexity index is 321. The van der Waals surface area contributed by atoms with Crippen LogP contribution < -0.4 is 11.1 Å². The lowest BCUT2D eigenvalue weighted by Gasteiger charge is -2.15. The summed E-state index contributed by atoms with van der Waals surface area (Å²) in [5.74, 6) is 0. The zero-order chi connectivity index (χ0) is 11.3. The van der Waals surface area contributed by atoms with Crippen LogP contribution in [0.2, 0.25) is 0 Å². The van der Waals surface area contributed by atoms with Crippen LogP contribution in [-0.2, 0) is 6.54 Å². The third kappa shape index (κ3) is 3.50. The van der Waals surface area contributed by atoms with E-state index in [0.717, 1.165) is 11.3 Å². The first-order chi connectivity index (χ1) is 7.13. The summed E-state index contributed by atoms with van der Waals surface area (Å²) in [5, 5.41) is 2.82. The van der Waals surface area contributed by atoms with E-state index in [1.807, 2.05) is 31.2 Å². The summed E-state index contributed by atoms with van der Waals surface area (Å²) < 4.78 is 0. The molecule has 0 unspecified atom stereocenters. The fourth-order valence-electron chi connectivity index (χ4n) is 1.09. The summed E-state index contributed by atoms with van der Waals surface area (Å²) in [6.45, 7) is 3.17. The first-order valence-corrected chi connectivity index (χ1v) is 4.97. The molecular formula is C11H17N3O. The third-order valence-corrected chi connectivity index (χ3v) is 2.24. The summed E-state index contributed by atoms with van der Waals surface area (Å²) >= 11 is 0. The van der Waals surface area contributed by atoms with E-state index in [0.29, 0.717) is 13.1 Å². The molecular weight excluding hydrogens is 190 g/mol. The van der Waals surface area contributed by atoms with Gasteiger partial charge in [-0.05, 0) is 24.6 Å². The number of hydrogen-bond acceptors (Lipinski definition) is 2. The number of nitrogens with two attached hydrogens (primary N) is 1. The summed E-state index contributed by atoms with van der Waals surface area (Å²) in [6, 6.07) is 7.40. The molecule has 0 radical (unpaired) electrons. The van der Waals surface area contributed by atoms with Crippen molar-refractivity contribution in [2.24, 2.45) is 0 Å². The van der Waals surface area contributed by atoms with Gasteiger partial charge in [-0.15, -0.1) is 0 Å². The molecule has 0 aliphatic rings. The highest BCUT2D eigenvalue weighted by Gasteiger charge is 2.04. The minimum Gasteiger partial charge on any atom is -0.399 e. The number of anilines is 1. The number of rotatable bonds is 3. The second-order valence-corrected chi connectivity index (χ2v) is 3.41. The maximum absolute atomic E-state index is 11.4. The Labute approximate surface area is 90.1 Å². The van der Waals surface area contributed by atoms with E-state index in [1.165, 1.54) is 0 Å².